The van der Waals surface area contributed by atoms with Gasteiger partial charge in [-0.05, 0) is 60.6 Å². The summed E-state index contributed by atoms with van der Waals surface area (Å²) in [6, 6.07) is 17.0. The number of nitrogens with zero attached hydrogens (tertiary/aromatic N) is 3. The maximum atomic E-state index is 12.7. The highest BCUT2D eigenvalue weighted by Crippen LogP contribution is 2.56. The number of nitrogens with one attached hydrogen (secondary N) is 2. The summed E-state index contributed by atoms with van der Waals surface area (Å²) in [5, 5.41) is 5.31. The third-order valence-electron chi connectivity index (χ3n) is 6.80. The predicted octanol–water partition coefficient (Wildman–Crippen LogP) is 6.29. The van der Waals surface area contributed by atoms with Crippen molar-refractivity contribution < 1.29 is 20.8 Å². The van der Waals surface area contributed by atoms with E-state index < -0.39 is 12.1 Å². The van der Waals surface area contributed by atoms with E-state index in [2.05, 4.69) is 22.1 Å². The van der Waals surface area contributed by atoms with Crippen molar-refractivity contribution >= 4 is 29.0 Å². The van der Waals surface area contributed by atoms with Crippen LogP contribution in [-0.2, 0) is 4.79 Å². The van der Waals surface area contributed by atoms with Crippen LogP contribution in [0, 0.1) is 5.92 Å². The van der Waals surface area contributed by atoms with Gasteiger partial charge in [0.05, 0.1) is 6.04 Å². The molecular weight excluding hydrogens is 443 g/mol. The molecule has 1 aromatic heterocycles. The topological polar surface area (TPSA) is 70.2 Å². The Balaban J connectivity index is 0.00000180. The number of aromatic nitrogens is 2. The summed E-state index contributed by atoms with van der Waals surface area (Å²) in [6.07, 6.45) is -2.36. The number of carbonyl (C=O) groups is 1. The molecule has 0 saturated heterocycles. The molecule has 180 valence electrons. The Hall–Kier alpha value is -3.62. The molecule has 9 heteroatoms. The standard InChI is InChI=1S/C25H24F3N5O.2H2/c1-14-18-13-21(14)33(20-9-8-17(12-19(18)20)31-23(34)25(26,27)28)22-10-11-29-24(32-22)30-15(2)16-6-4-3-5-7-16;;/h3-12,14-15,18,21H,13H2,1-2H3,(H,31,34)(H,29,30,32);2*1H/t14?,15-,18?,21?;;/m0../s1. The van der Waals surface area contributed by atoms with E-state index in [-0.39, 0.29) is 26.5 Å². The van der Waals surface area contributed by atoms with Gasteiger partial charge < -0.3 is 15.5 Å². The number of rotatable bonds is 5. The van der Waals surface area contributed by atoms with Crippen molar-refractivity contribution in [1.29, 1.82) is 0 Å². The molecule has 0 radical (unpaired) electrons. The van der Waals surface area contributed by atoms with Crippen molar-refractivity contribution in [3.63, 3.8) is 0 Å². The van der Waals surface area contributed by atoms with Crippen LogP contribution in [0.15, 0.2) is 60.8 Å². The van der Waals surface area contributed by atoms with Crippen molar-refractivity contribution in [2.24, 2.45) is 5.92 Å². The van der Waals surface area contributed by atoms with Gasteiger partial charge in [0, 0.05) is 26.5 Å². The number of halogens is 3. The fraction of sp³-hybridized carbons (Fsp3) is 0.320. The Morgan fingerprint density at radius 2 is 1.94 bits per heavy atom. The smallest absolute Gasteiger partial charge is 0.348 e. The minimum Gasteiger partial charge on any atom is -0.348 e. The fourth-order valence-corrected chi connectivity index (χ4v) is 4.91. The van der Waals surface area contributed by atoms with E-state index in [1.807, 2.05) is 48.6 Å². The zero-order valence-corrected chi connectivity index (χ0v) is 18.7. The number of anilines is 4. The Morgan fingerprint density at radius 3 is 2.65 bits per heavy atom. The number of benzene rings is 2. The lowest BCUT2D eigenvalue weighted by molar-refractivity contribution is -0.167. The van der Waals surface area contributed by atoms with E-state index in [9.17, 15) is 18.0 Å². The van der Waals surface area contributed by atoms with Gasteiger partial charge in [-0.1, -0.05) is 37.3 Å². The summed E-state index contributed by atoms with van der Waals surface area (Å²) in [5.74, 6) is -0.217. The summed E-state index contributed by atoms with van der Waals surface area (Å²) in [6.45, 7) is 4.17. The van der Waals surface area contributed by atoms with E-state index in [0.29, 0.717) is 11.9 Å². The van der Waals surface area contributed by atoms with Gasteiger partial charge in [-0.3, -0.25) is 4.79 Å². The second kappa shape index (κ2) is 8.30. The summed E-state index contributed by atoms with van der Waals surface area (Å²) >= 11 is 0. The number of carbonyl (C=O) groups excluding carboxylic acids is 1. The molecule has 1 amide bonds. The molecule has 3 aliphatic rings. The second-order valence-electron chi connectivity index (χ2n) is 8.88. The molecule has 2 aliphatic heterocycles. The van der Waals surface area contributed by atoms with Crippen LogP contribution in [0.3, 0.4) is 0 Å². The van der Waals surface area contributed by atoms with Crippen LogP contribution in [0.2, 0.25) is 0 Å². The van der Waals surface area contributed by atoms with Gasteiger partial charge >= 0.3 is 12.1 Å². The van der Waals surface area contributed by atoms with Crippen LogP contribution in [0.4, 0.5) is 36.3 Å². The first kappa shape index (κ1) is 22.2. The van der Waals surface area contributed by atoms with Crippen LogP contribution >= 0.6 is 0 Å². The first-order valence-electron chi connectivity index (χ1n) is 11.2. The highest BCUT2D eigenvalue weighted by molar-refractivity contribution is 5.95. The molecule has 1 saturated carbocycles. The lowest BCUT2D eigenvalue weighted by Gasteiger charge is -2.55. The molecule has 34 heavy (non-hydrogen) atoms. The lowest BCUT2D eigenvalue weighted by Crippen LogP contribution is -2.53. The van der Waals surface area contributed by atoms with E-state index in [4.69, 9.17) is 4.98 Å². The highest BCUT2D eigenvalue weighted by atomic mass is 19.4. The van der Waals surface area contributed by atoms with Gasteiger partial charge in [-0.25, -0.2) is 4.98 Å². The average Bonchev–Trinajstić information content (AvgIpc) is 2.82. The summed E-state index contributed by atoms with van der Waals surface area (Å²) in [4.78, 5) is 22.7. The Bertz CT molecular complexity index is 1230. The van der Waals surface area contributed by atoms with Crippen LogP contribution in [0.25, 0.3) is 0 Å². The SMILES string of the molecule is CC1C2CC1N(c1ccnc(N[C@@H](C)c3ccccc3)n1)c1ccc(NC(=O)C(F)(F)F)cc12.[HH].[HH]. The van der Waals surface area contributed by atoms with E-state index >= 15 is 0 Å². The molecule has 2 aromatic carbocycles. The summed E-state index contributed by atoms with van der Waals surface area (Å²) in [7, 11) is 0. The molecule has 1 aliphatic carbocycles. The van der Waals surface area contributed by atoms with Gasteiger partial charge in [0.25, 0.3) is 0 Å². The van der Waals surface area contributed by atoms with Crippen LogP contribution in [0.5, 0.6) is 0 Å². The minimum absolute atomic E-state index is 0. The normalized spacial score (nSPS) is 21.8. The second-order valence-corrected chi connectivity index (χ2v) is 8.88. The monoisotopic (exact) mass is 471 g/mol. The average molecular weight is 472 g/mol. The molecule has 0 spiro atoms. The van der Waals surface area contributed by atoms with Crippen LogP contribution in [-0.4, -0.2) is 28.1 Å². The molecule has 1 fully saturated rings. The van der Waals surface area contributed by atoms with Crippen molar-refractivity contribution in [2.75, 3.05) is 15.5 Å². The zero-order chi connectivity index (χ0) is 24.0. The van der Waals surface area contributed by atoms with Gasteiger partial charge in [0.1, 0.15) is 5.82 Å². The summed E-state index contributed by atoms with van der Waals surface area (Å²) < 4.78 is 38.1. The molecule has 4 atom stereocenters. The third-order valence-corrected chi connectivity index (χ3v) is 6.80. The Morgan fingerprint density at radius 1 is 1.18 bits per heavy atom. The molecule has 2 bridgehead atoms. The molecule has 6 nitrogen and oxygen atoms in total. The third kappa shape index (κ3) is 3.95. The first-order chi connectivity index (χ1) is 16.2. The van der Waals surface area contributed by atoms with Crippen molar-refractivity contribution in [3.05, 3.63) is 71.9 Å². The number of amides is 1. The van der Waals surface area contributed by atoms with Crippen molar-refractivity contribution in [1.82, 2.24) is 9.97 Å². The quantitative estimate of drug-likeness (QED) is 0.458. The van der Waals surface area contributed by atoms with Gasteiger partial charge in [-0.2, -0.15) is 18.2 Å². The van der Waals surface area contributed by atoms with E-state index in [0.717, 1.165) is 29.1 Å². The van der Waals surface area contributed by atoms with Gasteiger partial charge in [0.2, 0.25) is 5.95 Å². The van der Waals surface area contributed by atoms with Crippen molar-refractivity contribution in [3.8, 4) is 0 Å². The number of hydrogen-bond donors (Lipinski definition) is 2. The number of alkyl halides is 3. The predicted molar refractivity (Wildman–Crippen MR) is 128 cm³/mol. The maximum Gasteiger partial charge on any atom is 0.471 e. The van der Waals surface area contributed by atoms with Gasteiger partial charge in [0.15, 0.2) is 0 Å². The number of hydrogen-bond acceptors (Lipinski definition) is 5. The first-order valence-corrected chi connectivity index (χ1v) is 11.2. The molecular formula is C25H28F3N5O. The lowest BCUT2D eigenvalue weighted by atomic mass is 9.62. The molecule has 3 heterocycles. The Labute approximate surface area is 198 Å². The maximum absolute atomic E-state index is 12.7. The largest absolute Gasteiger partial charge is 0.471 e. The molecule has 3 aromatic rings. The van der Waals surface area contributed by atoms with Crippen LogP contribution in [0.1, 0.15) is 46.2 Å². The fourth-order valence-electron chi connectivity index (χ4n) is 4.91. The minimum atomic E-state index is -4.93. The summed E-state index contributed by atoms with van der Waals surface area (Å²) in [5.41, 5.74) is 3.06. The highest BCUT2D eigenvalue weighted by Gasteiger charge is 2.49. The molecule has 6 rings (SSSR count). The van der Waals surface area contributed by atoms with Gasteiger partial charge in [-0.15, -0.1) is 0 Å². The van der Waals surface area contributed by atoms with Crippen molar-refractivity contribution in [2.45, 2.75) is 44.4 Å². The van der Waals surface area contributed by atoms with E-state index in [1.165, 1.54) is 6.07 Å². The molecule has 2 N–H and O–H groups in total. The van der Waals surface area contributed by atoms with E-state index in [1.54, 1.807) is 18.3 Å². The zero-order valence-electron chi connectivity index (χ0n) is 18.7. The Kier molecular flexibility index (Phi) is 5.42. The van der Waals surface area contributed by atoms with Crippen LogP contribution < -0.4 is 15.5 Å². The molecule has 3 unspecified atom stereocenters.